The van der Waals surface area contributed by atoms with E-state index in [9.17, 15) is 35.7 Å². The average molecular weight is 469 g/mol. The van der Waals surface area contributed by atoms with Crippen LogP contribution in [0.25, 0.3) is 0 Å². The van der Waals surface area contributed by atoms with Crippen LogP contribution < -0.4 is 0 Å². The van der Waals surface area contributed by atoms with E-state index in [0.717, 1.165) is 19.3 Å². The van der Waals surface area contributed by atoms with Crippen LogP contribution in [0, 0.1) is 0 Å². The summed E-state index contributed by atoms with van der Waals surface area (Å²) >= 11 is 0. The summed E-state index contributed by atoms with van der Waals surface area (Å²) in [5.74, 6) is 0. The highest BCUT2D eigenvalue weighted by Crippen LogP contribution is 2.29. The third-order valence-corrected chi connectivity index (χ3v) is 5.99. The van der Waals surface area contributed by atoms with Crippen molar-refractivity contribution in [3.8, 4) is 0 Å². The summed E-state index contributed by atoms with van der Waals surface area (Å²) in [6.07, 6.45) is -6.68. The fourth-order valence-corrected chi connectivity index (χ4v) is 3.95. The van der Waals surface area contributed by atoms with Crippen LogP contribution in [0.4, 0.5) is 0 Å². The van der Waals surface area contributed by atoms with Crippen LogP contribution in [0.1, 0.15) is 51.9 Å². The predicted molar refractivity (Wildman–Crippen MR) is 110 cm³/mol. The molecule has 0 aromatic heterocycles. The van der Waals surface area contributed by atoms with Gasteiger partial charge in [0, 0.05) is 6.61 Å². The Labute approximate surface area is 188 Å². The lowest BCUT2D eigenvalue weighted by Gasteiger charge is -2.45. The van der Waals surface area contributed by atoms with Gasteiger partial charge in [0.2, 0.25) is 0 Å². The van der Waals surface area contributed by atoms with Crippen molar-refractivity contribution >= 4 is 0 Å². The Balaban J connectivity index is 1.86. The molecule has 11 nitrogen and oxygen atoms in total. The summed E-state index contributed by atoms with van der Waals surface area (Å²) in [4.78, 5) is 0. The van der Waals surface area contributed by atoms with Gasteiger partial charge < -0.3 is 54.7 Å². The van der Waals surface area contributed by atoms with Crippen molar-refractivity contribution in [1.29, 1.82) is 0 Å². The van der Waals surface area contributed by atoms with Gasteiger partial charge in [-0.2, -0.15) is 0 Å². The van der Waals surface area contributed by atoms with Crippen LogP contribution in [0.15, 0.2) is 0 Å². The summed E-state index contributed by atoms with van der Waals surface area (Å²) in [5.41, 5.74) is 0. The molecule has 0 bridgehead atoms. The molecule has 0 radical (unpaired) electrons. The molecule has 2 saturated heterocycles. The topological polar surface area (TPSA) is 179 Å². The monoisotopic (exact) mass is 468 g/mol. The molecule has 0 aromatic carbocycles. The van der Waals surface area contributed by atoms with E-state index in [4.69, 9.17) is 18.9 Å². The third kappa shape index (κ3) is 7.28. The minimum atomic E-state index is -1.69. The van der Waals surface area contributed by atoms with E-state index in [0.29, 0.717) is 6.61 Å². The van der Waals surface area contributed by atoms with Gasteiger partial charge in [-0.3, -0.25) is 0 Å². The highest BCUT2D eigenvalue weighted by molar-refractivity contribution is 4.94. The minimum Gasteiger partial charge on any atom is -0.394 e. The summed E-state index contributed by atoms with van der Waals surface area (Å²) in [7, 11) is 0. The van der Waals surface area contributed by atoms with Gasteiger partial charge in [-0.1, -0.05) is 45.4 Å². The third-order valence-electron chi connectivity index (χ3n) is 5.99. The summed E-state index contributed by atoms with van der Waals surface area (Å²) < 4.78 is 21.9. The van der Waals surface area contributed by atoms with Crippen molar-refractivity contribution in [2.45, 2.75) is 113 Å². The molecule has 2 heterocycles. The largest absolute Gasteiger partial charge is 0.394 e. The molecule has 0 aromatic rings. The number of hydrogen-bond donors (Lipinski definition) is 7. The van der Waals surface area contributed by atoms with E-state index in [1.165, 1.54) is 25.7 Å². The van der Waals surface area contributed by atoms with Gasteiger partial charge in [0.1, 0.15) is 48.8 Å². The fraction of sp³-hybridized carbons (Fsp3) is 1.00. The quantitative estimate of drug-likeness (QED) is 0.154. The van der Waals surface area contributed by atoms with Crippen LogP contribution >= 0.6 is 0 Å². The Morgan fingerprint density at radius 3 is 1.81 bits per heavy atom. The van der Waals surface area contributed by atoms with Gasteiger partial charge in [-0.25, -0.2) is 0 Å². The lowest BCUT2D eigenvalue weighted by atomic mass is 9.97. The zero-order chi connectivity index (χ0) is 23.7. The Morgan fingerprint density at radius 2 is 1.19 bits per heavy atom. The molecule has 0 aliphatic carbocycles. The average Bonchev–Trinajstić information content (AvgIpc) is 2.79. The normalized spacial score (nSPS) is 40.5. The van der Waals surface area contributed by atoms with Gasteiger partial charge in [-0.05, 0) is 6.42 Å². The van der Waals surface area contributed by atoms with Crippen molar-refractivity contribution in [1.82, 2.24) is 0 Å². The zero-order valence-corrected chi connectivity index (χ0v) is 18.6. The van der Waals surface area contributed by atoms with Crippen molar-refractivity contribution in [3.05, 3.63) is 0 Å². The zero-order valence-electron chi connectivity index (χ0n) is 18.6. The molecule has 190 valence electrons. The van der Waals surface area contributed by atoms with Crippen molar-refractivity contribution in [2.75, 3.05) is 19.8 Å². The molecule has 11 heteroatoms. The number of rotatable bonds is 13. The standard InChI is InChI=1S/C21H40O11/c1-2-3-4-5-6-7-8-9-29-20-18(28)16(26)19(13(11-23)31-20)32-21-17(27)15(25)14(24)12(10-22)30-21/h12-28H,2-11H2,1H3/t12?,13?,14-,15?,16?,17-,18?,19-,20-,21-/m1/s1. The number of aliphatic hydroxyl groups excluding tert-OH is 7. The van der Waals surface area contributed by atoms with E-state index in [-0.39, 0.29) is 0 Å². The van der Waals surface area contributed by atoms with Crippen LogP contribution in [-0.2, 0) is 18.9 Å². The van der Waals surface area contributed by atoms with E-state index in [1.54, 1.807) is 0 Å². The molecule has 0 spiro atoms. The maximum absolute atomic E-state index is 10.5. The molecule has 7 N–H and O–H groups in total. The first-order chi connectivity index (χ1) is 15.3. The Kier molecular flexibility index (Phi) is 12.2. The highest BCUT2D eigenvalue weighted by atomic mass is 16.7. The molecule has 32 heavy (non-hydrogen) atoms. The fourth-order valence-electron chi connectivity index (χ4n) is 3.95. The van der Waals surface area contributed by atoms with Crippen LogP contribution in [-0.4, -0.2) is 117 Å². The molecule has 2 fully saturated rings. The van der Waals surface area contributed by atoms with Crippen LogP contribution in [0.2, 0.25) is 0 Å². The first-order valence-electron chi connectivity index (χ1n) is 11.6. The summed E-state index contributed by atoms with van der Waals surface area (Å²) in [6.45, 7) is 1.26. The maximum Gasteiger partial charge on any atom is 0.187 e. The van der Waals surface area contributed by atoms with E-state index in [1.807, 2.05) is 0 Å². The maximum atomic E-state index is 10.5. The van der Waals surface area contributed by atoms with Crippen molar-refractivity contribution in [2.24, 2.45) is 0 Å². The molecule has 5 unspecified atom stereocenters. The summed E-state index contributed by atoms with van der Waals surface area (Å²) in [5, 5.41) is 69.8. The molecular formula is C21H40O11. The second-order valence-electron chi connectivity index (χ2n) is 8.50. The smallest absolute Gasteiger partial charge is 0.187 e. The van der Waals surface area contributed by atoms with E-state index >= 15 is 0 Å². The number of aliphatic hydroxyl groups is 7. The molecule has 2 aliphatic heterocycles. The molecular weight excluding hydrogens is 428 g/mol. The second kappa shape index (κ2) is 14.1. The van der Waals surface area contributed by atoms with E-state index in [2.05, 4.69) is 6.92 Å². The molecule has 2 aliphatic rings. The molecule has 0 saturated carbocycles. The predicted octanol–water partition coefficient (Wildman–Crippen LogP) is -1.62. The molecule has 2 rings (SSSR count). The number of ether oxygens (including phenoxy) is 4. The van der Waals surface area contributed by atoms with Crippen LogP contribution in [0.5, 0.6) is 0 Å². The van der Waals surface area contributed by atoms with Gasteiger partial charge >= 0.3 is 0 Å². The SMILES string of the molecule is CCCCCCCCCO[C@@H]1OC(CO)[C@@H](O[C@H]2OC(CO)[C@@H](O)C(O)[C@H]2O)C(O)C1O. The number of hydrogen-bond acceptors (Lipinski definition) is 11. The Bertz CT molecular complexity index is 506. The number of unbranched alkanes of at least 4 members (excludes halogenated alkanes) is 6. The second-order valence-corrected chi connectivity index (χ2v) is 8.50. The molecule has 0 amide bonds. The lowest BCUT2D eigenvalue weighted by molar-refractivity contribution is -0.359. The minimum absolute atomic E-state index is 0.318. The van der Waals surface area contributed by atoms with Gasteiger partial charge in [0.15, 0.2) is 12.6 Å². The summed E-state index contributed by atoms with van der Waals surface area (Å²) in [6, 6.07) is 0. The van der Waals surface area contributed by atoms with Crippen molar-refractivity contribution < 1.29 is 54.7 Å². The Morgan fingerprint density at radius 1 is 0.625 bits per heavy atom. The van der Waals surface area contributed by atoms with Gasteiger partial charge in [-0.15, -0.1) is 0 Å². The molecule has 10 atom stereocenters. The van der Waals surface area contributed by atoms with E-state index < -0.39 is 74.6 Å². The Hall–Kier alpha value is -0.440. The highest BCUT2D eigenvalue weighted by Gasteiger charge is 2.50. The lowest BCUT2D eigenvalue weighted by Crippen LogP contribution is -2.64. The van der Waals surface area contributed by atoms with Gasteiger partial charge in [0.05, 0.1) is 13.2 Å². The van der Waals surface area contributed by atoms with Crippen molar-refractivity contribution in [3.63, 3.8) is 0 Å². The first-order valence-corrected chi connectivity index (χ1v) is 11.6. The first kappa shape index (κ1) is 27.8. The van der Waals surface area contributed by atoms with Crippen LogP contribution in [0.3, 0.4) is 0 Å². The van der Waals surface area contributed by atoms with Gasteiger partial charge in [0.25, 0.3) is 0 Å².